The Bertz CT molecular complexity index is 418. The molecule has 0 N–H and O–H groups in total. The SMILES string of the molecule is COc1ccc(OCC=C(C)CC=C(Cl)Cl)cc1. The number of ether oxygens (including phenoxy) is 2. The number of halogens is 2. The molecular formula is C14H16Cl2O2. The Morgan fingerprint density at radius 1 is 1.11 bits per heavy atom. The smallest absolute Gasteiger partial charge is 0.120 e. The van der Waals surface area contributed by atoms with Gasteiger partial charge in [0.1, 0.15) is 22.6 Å². The summed E-state index contributed by atoms with van der Waals surface area (Å²) in [6.07, 6.45) is 4.48. The average molecular weight is 287 g/mol. The topological polar surface area (TPSA) is 18.5 Å². The van der Waals surface area contributed by atoms with E-state index in [1.54, 1.807) is 13.2 Å². The molecule has 1 rings (SSSR count). The third-order valence-corrected chi connectivity index (χ3v) is 2.63. The van der Waals surface area contributed by atoms with E-state index in [0.29, 0.717) is 11.1 Å². The molecule has 1 aromatic carbocycles. The lowest BCUT2D eigenvalue weighted by molar-refractivity contribution is 0.360. The molecule has 0 radical (unpaired) electrons. The van der Waals surface area contributed by atoms with E-state index >= 15 is 0 Å². The van der Waals surface area contributed by atoms with Gasteiger partial charge in [-0.2, -0.15) is 0 Å². The Morgan fingerprint density at radius 2 is 1.72 bits per heavy atom. The first kappa shape index (κ1) is 14.9. The van der Waals surface area contributed by atoms with E-state index in [4.69, 9.17) is 32.7 Å². The van der Waals surface area contributed by atoms with Crippen molar-refractivity contribution in [2.45, 2.75) is 13.3 Å². The van der Waals surface area contributed by atoms with E-state index < -0.39 is 0 Å². The van der Waals surface area contributed by atoms with Gasteiger partial charge in [0.25, 0.3) is 0 Å². The lowest BCUT2D eigenvalue weighted by Crippen LogP contribution is -1.94. The van der Waals surface area contributed by atoms with Crippen LogP contribution in [0.3, 0.4) is 0 Å². The summed E-state index contributed by atoms with van der Waals surface area (Å²) >= 11 is 11.1. The van der Waals surface area contributed by atoms with Crippen molar-refractivity contribution in [2.24, 2.45) is 0 Å². The minimum absolute atomic E-state index is 0.291. The highest BCUT2D eigenvalue weighted by atomic mass is 35.5. The summed E-state index contributed by atoms with van der Waals surface area (Å²) in [5.41, 5.74) is 1.15. The number of hydrogen-bond acceptors (Lipinski definition) is 2. The molecule has 0 atom stereocenters. The molecular weight excluding hydrogens is 271 g/mol. The molecule has 0 spiro atoms. The Morgan fingerprint density at radius 3 is 2.28 bits per heavy atom. The number of methoxy groups -OCH3 is 1. The van der Waals surface area contributed by atoms with Crippen LogP contribution in [-0.4, -0.2) is 13.7 Å². The molecule has 0 aliphatic carbocycles. The van der Waals surface area contributed by atoms with E-state index in [1.807, 2.05) is 37.3 Å². The van der Waals surface area contributed by atoms with Crippen LogP contribution in [0.5, 0.6) is 11.5 Å². The molecule has 2 nitrogen and oxygen atoms in total. The quantitative estimate of drug-likeness (QED) is 0.704. The second kappa shape index (κ2) is 8.06. The van der Waals surface area contributed by atoms with Gasteiger partial charge in [-0.25, -0.2) is 0 Å². The first-order valence-corrected chi connectivity index (χ1v) is 6.31. The van der Waals surface area contributed by atoms with Crippen molar-refractivity contribution in [3.63, 3.8) is 0 Å². The highest BCUT2D eigenvalue weighted by molar-refractivity contribution is 6.55. The van der Waals surface area contributed by atoms with Gasteiger partial charge in [0, 0.05) is 0 Å². The summed E-state index contributed by atoms with van der Waals surface area (Å²) in [5.74, 6) is 1.63. The zero-order chi connectivity index (χ0) is 13.4. The molecule has 0 aliphatic rings. The monoisotopic (exact) mass is 286 g/mol. The Hall–Kier alpha value is -1.12. The van der Waals surface area contributed by atoms with Gasteiger partial charge in [-0.3, -0.25) is 0 Å². The van der Waals surface area contributed by atoms with Crippen LogP contribution < -0.4 is 9.47 Å². The normalized spacial score (nSPS) is 11.0. The minimum Gasteiger partial charge on any atom is -0.497 e. The molecule has 0 heterocycles. The zero-order valence-corrected chi connectivity index (χ0v) is 12.0. The molecule has 0 aliphatic heterocycles. The second-order valence-electron chi connectivity index (χ2n) is 3.73. The van der Waals surface area contributed by atoms with E-state index in [-0.39, 0.29) is 0 Å². The largest absolute Gasteiger partial charge is 0.497 e. The maximum absolute atomic E-state index is 5.56. The van der Waals surface area contributed by atoms with Crippen LogP contribution in [0.4, 0.5) is 0 Å². The van der Waals surface area contributed by atoms with Crippen LogP contribution in [0.25, 0.3) is 0 Å². The lowest BCUT2D eigenvalue weighted by Gasteiger charge is -2.05. The second-order valence-corrected chi connectivity index (χ2v) is 4.74. The van der Waals surface area contributed by atoms with Crippen LogP contribution in [-0.2, 0) is 0 Å². The molecule has 0 unspecified atom stereocenters. The van der Waals surface area contributed by atoms with Crippen molar-refractivity contribution in [3.05, 3.63) is 46.5 Å². The van der Waals surface area contributed by atoms with Gasteiger partial charge in [0.05, 0.1) is 7.11 Å². The summed E-state index contributed by atoms with van der Waals surface area (Å²) in [5, 5.41) is 0. The highest BCUT2D eigenvalue weighted by Gasteiger charge is 1.94. The maximum Gasteiger partial charge on any atom is 0.120 e. The highest BCUT2D eigenvalue weighted by Crippen LogP contribution is 2.17. The fraction of sp³-hybridized carbons (Fsp3) is 0.286. The first-order chi connectivity index (χ1) is 8.61. The average Bonchev–Trinajstić information content (AvgIpc) is 2.37. The molecule has 98 valence electrons. The third kappa shape index (κ3) is 5.99. The fourth-order valence-electron chi connectivity index (χ4n) is 1.27. The number of rotatable bonds is 6. The van der Waals surface area contributed by atoms with Crippen molar-refractivity contribution in [1.29, 1.82) is 0 Å². The standard InChI is InChI=1S/C14H16Cl2O2/c1-11(3-8-14(15)16)9-10-18-13-6-4-12(17-2)5-7-13/h4-9H,3,10H2,1-2H3. The molecule has 0 fully saturated rings. The third-order valence-electron chi connectivity index (χ3n) is 2.32. The molecule has 0 aromatic heterocycles. The van der Waals surface area contributed by atoms with Gasteiger partial charge in [0.2, 0.25) is 0 Å². The van der Waals surface area contributed by atoms with Crippen molar-refractivity contribution < 1.29 is 9.47 Å². The van der Waals surface area contributed by atoms with Crippen LogP contribution in [0.15, 0.2) is 46.5 Å². The molecule has 0 saturated carbocycles. The van der Waals surface area contributed by atoms with Gasteiger partial charge in [0.15, 0.2) is 0 Å². The van der Waals surface area contributed by atoms with Crippen LogP contribution >= 0.6 is 23.2 Å². The van der Waals surface area contributed by atoms with Crippen molar-refractivity contribution >= 4 is 23.2 Å². The van der Waals surface area contributed by atoms with Crippen LogP contribution in [0, 0.1) is 0 Å². The summed E-state index contributed by atoms with van der Waals surface area (Å²) in [6.45, 7) is 2.52. The van der Waals surface area contributed by atoms with E-state index in [9.17, 15) is 0 Å². The van der Waals surface area contributed by atoms with Crippen molar-refractivity contribution in [3.8, 4) is 11.5 Å². The summed E-state index contributed by atoms with van der Waals surface area (Å²) in [7, 11) is 1.64. The number of benzene rings is 1. The maximum atomic E-state index is 5.56. The van der Waals surface area contributed by atoms with Crippen molar-refractivity contribution in [2.75, 3.05) is 13.7 Å². The van der Waals surface area contributed by atoms with Gasteiger partial charge < -0.3 is 9.47 Å². The molecule has 18 heavy (non-hydrogen) atoms. The molecule has 0 amide bonds. The van der Waals surface area contributed by atoms with E-state index in [0.717, 1.165) is 23.5 Å². The predicted octanol–water partition coefficient (Wildman–Crippen LogP) is 4.73. The van der Waals surface area contributed by atoms with Gasteiger partial charge >= 0.3 is 0 Å². The Kier molecular flexibility index (Phi) is 6.69. The molecule has 4 heteroatoms. The van der Waals surface area contributed by atoms with E-state index in [1.165, 1.54) is 0 Å². The van der Waals surface area contributed by atoms with E-state index in [2.05, 4.69) is 0 Å². The zero-order valence-electron chi connectivity index (χ0n) is 10.5. The lowest BCUT2D eigenvalue weighted by atomic mass is 10.2. The summed E-state index contributed by atoms with van der Waals surface area (Å²) in [4.78, 5) is 0. The van der Waals surface area contributed by atoms with Crippen molar-refractivity contribution in [1.82, 2.24) is 0 Å². The first-order valence-electron chi connectivity index (χ1n) is 5.55. The summed E-state index contributed by atoms with van der Waals surface area (Å²) < 4.78 is 10.9. The van der Waals surface area contributed by atoms with Gasteiger partial charge in [-0.05, 0) is 43.7 Å². The Labute approximate surface area is 118 Å². The van der Waals surface area contributed by atoms with Gasteiger partial charge in [-0.15, -0.1) is 0 Å². The fourth-order valence-corrected chi connectivity index (χ4v) is 1.43. The van der Waals surface area contributed by atoms with Crippen LogP contribution in [0.2, 0.25) is 0 Å². The van der Waals surface area contributed by atoms with Crippen LogP contribution in [0.1, 0.15) is 13.3 Å². The number of allylic oxidation sites excluding steroid dienone is 2. The molecule has 0 bridgehead atoms. The molecule has 0 saturated heterocycles. The predicted molar refractivity (Wildman–Crippen MR) is 76.7 cm³/mol. The minimum atomic E-state index is 0.291. The Balaban J connectivity index is 2.40. The number of hydrogen-bond donors (Lipinski definition) is 0. The summed E-state index contributed by atoms with van der Waals surface area (Å²) in [6, 6.07) is 7.47. The molecule has 1 aromatic rings. The van der Waals surface area contributed by atoms with Gasteiger partial charge in [-0.1, -0.05) is 34.9 Å².